The van der Waals surface area contributed by atoms with Crippen molar-refractivity contribution < 1.29 is 4.39 Å². The number of rotatable bonds is 2. The summed E-state index contributed by atoms with van der Waals surface area (Å²) in [4.78, 5) is 0. The van der Waals surface area contributed by atoms with Crippen molar-refractivity contribution in [3.63, 3.8) is 0 Å². The molecule has 1 aromatic heterocycles. The number of nitrogens with one attached hydrogen (secondary N) is 1. The van der Waals surface area contributed by atoms with E-state index in [1.54, 1.807) is 17.4 Å². The molecule has 3 rings (SSSR count). The standard InChI is InChI=1S/C15H13FN2S2/c1-9-6-14(12-4-5-19-15(12)20-9)18-13-3-2-11(16)7-10(13)8-17/h2-5,7,9,14,18H,6H2,1H3/t9-,14?/m0/s1. The molecule has 20 heavy (non-hydrogen) atoms. The fraction of sp³-hybridized carbons (Fsp3) is 0.267. The molecule has 2 aromatic rings. The van der Waals surface area contributed by atoms with E-state index in [4.69, 9.17) is 5.26 Å². The number of thiophene rings is 1. The fourth-order valence-electron chi connectivity index (χ4n) is 2.41. The molecule has 1 aliphatic heterocycles. The summed E-state index contributed by atoms with van der Waals surface area (Å²) in [7, 11) is 0. The molecular weight excluding hydrogens is 291 g/mol. The SMILES string of the molecule is C[C@H]1CC(Nc2ccc(F)cc2C#N)c2ccsc2S1. The number of nitrogens with zero attached hydrogens (tertiary/aromatic N) is 1. The van der Waals surface area contributed by atoms with Crippen LogP contribution >= 0.6 is 23.1 Å². The molecule has 0 amide bonds. The van der Waals surface area contributed by atoms with Crippen LogP contribution in [-0.4, -0.2) is 5.25 Å². The Morgan fingerprint density at radius 2 is 2.25 bits per heavy atom. The van der Waals surface area contributed by atoms with Gasteiger partial charge in [0.15, 0.2) is 0 Å². The second-order valence-electron chi connectivity index (χ2n) is 4.83. The van der Waals surface area contributed by atoms with Crippen LogP contribution in [0.25, 0.3) is 0 Å². The maximum atomic E-state index is 13.2. The topological polar surface area (TPSA) is 35.8 Å². The van der Waals surface area contributed by atoms with Gasteiger partial charge in [0, 0.05) is 5.25 Å². The third kappa shape index (κ3) is 2.54. The Morgan fingerprint density at radius 1 is 1.40 bits per heavy atom. The highest BCUT2D eigenvalue weighted by molar-refractivity contribution is 8.01. The van der Waals surface area contributed by atoms with E-state index in [9.17, 15) is 4.39 Å². The van der Waals surface area contributed by atoms with Crippen molar-refractivity contribution in [2.75, 3.05) is 5.32 Å². The summed E-state index contributed by atoms with van der Waals surface area (Å²) in [5.74, 6) is -0.379. The molecule has 102 valence electrons. The third-order valence-corrected chi connectivity index (χ3v) is 5.69. The van der Waals surface area contributed by atoms with Gasteiger partial charge < -0.3 is 5.32 Å². The van der Waals surface area contributed by atoms with Gasteiger partial charge in [-0.2, -0.15) is 5.26 Å². The minimum atomic E-state index is -0.379. The van der Waals surface area contributed by atoms with Gasteiger partial charge in [0.1, 0.15) is 11.9 Å². The highest BCUT2D eigenvalue weighted by atomic mass is 32.2. The zero-order valence-electron chi connectivity index (χ0n) is 10.9. The van der Waals surface area contributed by atoms with Crippen LogP contribution in [0.5, 0.6) is 0 Å². The molecule has 2 heterocycles. The number of fused-ring (bicyclic) bond motifs is 1. The number of nitriles is 1. The van der Waals surface area contributed by atoms with Crippen LogP contribution in [0, 0.1) is 17.1 Å². The van der Waals surface area contributed by atoms with Gasteiger partial charge in [-0.05, 0) is 41.6 Å². The lowest BCUT2D eigenvalue weighted by Gasteiger charge is -2.28. The molecule has 0 fully saturated rings. The fourth-order valence-corrected chi connectivity index (χ4v) is 4.98. The molecule has 1 unspecified atom stereocenters. The van der Waals surface area contributed by atoms with Gasteiger partial charge in [0.05, 0.1) is 21.5 Å². The number of thioether (sulfide) groups is 1. The normalized spacial score (nSPS) is 21.1. The van der Waals surface area contributed by atoms with E-state index in [1.807, 2.05) is 17.8 Å². The quantitative estimate of drug-likeness (QED) is 0.866. The van der Waals surface area contributed by atoms with Gasteiger partial charge in [-0.25, -0.2) is 4.39 Å². The maximum Gasteiger partial charge on any atom is 0.124 e. The summed E-state index contributed by atoms with van der Waals surface area (Å²) in [5.41, 5.74) is 2.34. The van der Waals surface area contributed by atoms with Crippen molar-refractivity contribution in [2.45, 2.75) is 28.8 Å². The van der Waals surface area contributed by atoms with Gasteiger partial charge in [0.2, 0.25) is 0 Å². The summed E-state index contributed by atoms with van der Waals surface area (Å²) < 4.78 is 14.5. The van der Waals surface area contributed by atoms with E-state index in [1.165, 1.54) is 21.9 Å². The van der Waals surface area contributed by atoms with Crippen molar-refractivity contribution in [2.24, 2.45) is 0 Å². The minimum absolute atomic E-state index is 0.185. The van der Waals surface area contributed by atoms with Crippen LogP contribution < -0.4 is 5.32 Å². The predicted molar refractivity (Wildman–Crippen MR) is 81.7 cm³/mol. The molecule has 2 atom stereocenters. The van der Waals surface area contributed by atoms with Crippen molar-refractivity contribution in [3.05, 3.63) is 46.6 Å². The number of halogens is 1. The zero-order valence-corrected chi connectivity index (χ0v) is 12.5. The Labute approximate surface area is 125 Å². The Balaban J connectivity index is 1.91. The lowest BCUT2D eigenvalue weighted by atomic mass is 10.0. The summed E-state index contributed by atoms with van der Waals surface area (Å²) in [5, 5.41) is 15.2. The number of benzene rings is 1. The van der Waals surface area contributed by atoms with E-state index in [0.29, 0.717) is 16.5 Å². The lowest BCUT2D eigenvalue weighted by Crippen LogP contribution is -2.19. The molecule has 0 bridgehead atoms. The number of anilines is 1. The second-order valence-corrected chi connectivity index (χ2v) is 7.45. The van der Waals surface area contributed by atoms with Crippen LogP contribution in [-0.2, 0) is 0 Å². The summed E-state index contributed by atoms with van der Waals surface area (Å²) >= 11 is 3.65. The van der Waals surface area contributed by atoms with Crippen LogP contribution in [0.2, 0.25) is 0 Å². The molecule has 0 spiro atoms. The van der Waals surface area contributed by atoms with Crippen molar-refractivity contribution in [1.29, 1.82) is 5.26 Å². The lowest BCUT2D eigenvalue weighted by molar-refractivity contribution is 0.626. The van der Waals surface area contributed by atoms with Crippen molar-refractivity contribution >= 4 is 28.8 Å². The van der Waals surface area contributed by atoms with Gasteiger partial charge in [-0.1, -0.05) is 6.92 Å². The average Bonchev–Trinajstić information content (AvgIpc) is 2.88. The van der Waals surface area contributed by atoms with Crippen LogP contribution in [0.15, 0.2) is 33.9 Å². The molecule has 1 aromatic carbocycles. The molecule has 1 N–H and O–H groups in total. The molecule has 5 heteroatoms. The summed E-state index contributed by atoms with van der Waals surface area (Å²) in [6.45, 7) is 2.21. The average molecular weight is 304 g/mol. The molecule has 0 aliphatic carbocycles. The third-order valence-electron chi connectivity index (χ3n) is 3.34. The number of hydrogen-bond acceptors (Lipinski definition) is 4. The van der Waals surface area contributed by atoms with E-state index in [0.717, 1.165) is 6.42 Å². The minimum Gasteiger partial charge on any atom is -0.377 e. The first-order chi connectivity index (χ1) is 9.67. The highest BCUT2D eigenvalue weighted by Gasteiger charge is 2.26. The predicted octanol–water partition coefficient (Wildman–Crippen LogP) is 4.80. The highest BCUT2D eigenvalue weighted by Crippen LogP contribution is 2.45. The Morgan fingerprint density at radius 3 is 3.05 bits per heavy atom. The first-order valence-corrected chi connectivity index (χ1v) is 8.13. The molecule has 0 saturated carbocycles. The molecule has 0 radical (unpaired) electrons. The Bertz CT molecular complexity index is 675. The first kappa shape index (κ1) is 13.5. The molecular formula is C15H13FN2S2. The van der Waals surface area contributed by atoms with Crippen LogP contribution in [0.4, 0.5) is 10.1 Å². The molecule has 1 aliphatic rings. The van der Waals surface area contributed by atoms with Crippen LogP contribution in [0.1, 0.15) is 30.5 Å². The Kier molecular flexibility index (Phi) is 3.68. The largest absolute Gasteiger partial charge is 0.377 e. The first-order valence-electron chi connectivity index (χ1n) is 6.37. The number of hydrogen-bond donors (Lipinski definition) is 1. The summed E-state index contributed by atoms with van der Waals surface area (Å²) in [6, 6.07) is 8.67. The van der Waals surface area contributed by atoms with Crippen molar-refractivity contribution in [1.82, 2.24) is 0 Å². The summed E-state index contributed by atoms with van der Waals surface area (Å²) in [6.07, 6.45) is 0.997. The second kappa shape index (κ2) is 5.47. The van der Waals surface area contributed by atoms with E-state index in [2.05, 4.69) is 23.7 Å². The van der Waals surface area contributed by atoms with E-state index < -0.39 is 0 Å². The zero-order chi connectivity index (χ0) is 14.1. The van der Waals surface area contributed by atoms with Crippen LogP contribution in [0.3, 0.4) is 0 Å². The van der Waals surface area contributed by atoms with Gasteiger partial charge >= 0.3 is 0 Å². The molecule has 0 saturated heterocycles. The van der Waals surface area contributed by atoms with Gasteiger partial charge in [0.25, 0.3) is 0 Å². The van der Waals surface area contributed by atoms with E-state index in [-0.39, 0.29) is 11.9 Å². The van der Waals surface area contributed by atoms with Gasteiger partial charge in [-0.15, -0.1) is 23.1 Å². The monoisotopic (exact) mass is 304 g/mol. The smallest absolute Gasteiger partial charge is 0.124 e. The maximum absolute atomic E-state index is 13.2. The van der Waals surface area contributed by atoms with Gasteiger partial charge in [-0.3, -0.25) is 0 Å². The Hall–Kier alpha value is -1.51. The van der Waals surface area contributed by atoms with E-state index >= 15 is 0 Å². The molecule has 2 nitrogen and oxygen atoms in total. The van der Waals surface area contributed by atoms with Crippen molar-refractivity contribution in [3.8, 4) is 6.07 Å².